The van der Waals surface area contributed by atoms with Crippen LogP contribution in [0.2, 0.25) is 0 Å². The van der Waals surface area contributed by atoms with E-state index in [9.17, 15) is 8.42 Å². The molecule has 1 atom stereocenters. The Labute approximate surface area is 93.4 Å². The molecule has 1 N–H and O–H groups in total. The average molecular weight is 237 g/mol. The first-order valence-corrected chi connectivity index (χ1v) is 7.36. The average Bonchev–Trinajstić information content (AvgIpc) is 2.52. The Bertz CT molecular complexity index is 237. The summed E-state index contributed by atoms with van der Waals surface area (Å²) in [6.07, 6.45) is 6.27. The van der Waals surface area contributed by atoms with Crippen molar-refractivity contribution in [3.63, 3.8) is 0 Å². The topological polar surface area (TPSA) is 57.6 Å². The van der Waals surface area contributed by atoms with E-state index in [1.54, 1.807) is 0 Å². The number of nitrogens with zero attached hydrogens (tertiary/aromatic N) is 1. The summed E-state index contributed by atoms with van der Waals surface area (Å²) in [5.74, 6) is 0. The van der Waals surface area contributed by atoms with Gasteiger partial charge in [-0.25, -0.2) is 0 Å². The Balaban J connectivity index is 0.000000336. The van der Waals surface area contributed by atoms with Gasteiger partial charge in [0.05, 0.1) is 6.26 Å². The van der Waals surface area contributed by atoms with E-state index in [1.165, 1.54) is 38.8 Å². The summed E-state index contributed by atoms with van der Waals surface area (Å²) in [5, 5.41) is 0. The van der Waals surface area contributed by atoms with Gasteiger partial charge in [-0.05, 0) is 39.3 Å². The largest absolute Gasteiger partial charge is 0.301 e. The van der Waals surface area contributed by atoms with Gasteiger partial charge in [-0.1, -0.05) is 13.3 Å². The van der Waals surface area contributed by atoms with Gasteiger partial charge in [-0.3, -0.25) is 4.55 Å². The van der Waals surface area contributed by atoms with Gasteiger partial charge in [-0.15, -0.1) is 0 Å². The molecule has 0 aromatic rings. The molecular weight excluding hydrogens is 214 g/mol. The number of likely N-dealkylation sites (tertiary alicyclic amines) is 1. The fourth-order valence-electron chi connectivity index (χ4n) is 1.78. The van der Waals surface area contributed by atoms with Crippen LogP contribution in [0, 0.1) is 0 Å². The first-order chi connectivity index (χ1) is 6.84. The smallest absolute Gasteiger partial charge is 0.261 e. The van der Waals surface area contributed by atoms with Crippen LogP contribution in [0.15, 0.2) is 0 Å². The number of hydrogen-bond acceptors (Lipinski definition) is 3. The molecule has 0 spiro atoms. The van der Waals surface area contributed by atoms with Crippen molar-refractivity contribution in [2.24, 2.45) is 0 Å². The van der Waals surface area contributed by atoms with Gasteiger partial charge in [0.15, 0.2) is 0 Å². The predicted octanol–water partition coefficient (Wildman–Crippen LogP) is 1.77. The van der Waals surface area contributed by atoms with Crippen LogP contribution < -0.4 is 0 Å². The third kappa shape index (κ3) is 10.2. The highest BCUT2D eigenvalue weighted by Gasteiger charge is 2.16. The summed E-state index contributed by atoms with van der Waals surface area (Å²) >= 11 is 0. The van der Waals surface area contributed by atoms with E-state index < -0.39 is 10.1 Å². The zero-order valence-corrected chi connectivity index (χ0v) is 10.8. The maximum absolute atomic E-state index is 9.19. The molecule has 15 heavy (non-hydrogen) atoms. The Morgan fingerprint density at radius 2 is 1.73 bits per heavy atom. The molecule has 1 unspecified atom stereocenters. The molecule has 0 amide bonds. The summed E-state index contributed by atoms with van der Waals surface area (Å²) in [5.41, 5.74) is 0. The Hall–Kier alpha value is -0.130. The first-order valence-electron chi connectivity index (χ1n) is 5.51. The van der Waals surface area contributed by atoms with Crippen LogP contribution in [0.1, 0.15) is 39.5 Å². The highest BCUT2D eigenvalue weighted by Crippen LogP contribution is 2.14. The van der Waals surface area contributed by atoms with Gasteiger partial charge >= 0.3 is 0 Å². The minimum Gasteiger partial charge on any atom is -0.301 e. The summed E-state index contributed by atoms with van der Waals surface area (Å²) < 4.78 is 25.9. The first kappa shape index (κ1) is 14.9. The Morgan fingerprint density at radius 3 is 2.07 bits per heavy atom. The van der Waals surface area contributed by atoms with Crippen molar-refractivity contribution in [3.05, 3.63) is 0 Å². The molecule has 0 radical (unpaired) electrons. The van der Waals surface area contributed by atoms with E-state index >= 15 is 0 Å². The highest BCUT2D eigenvalue weighted by molar-refractivity contribution is 7.85. The molecule has 0 saturated carbocycles. The van der Waals surface area contributed by atoms with Crippen molar-refractivity contribution in [2.45, 2.75) is 45.6 Å². The van der Waals surface area contributed by atoms with Crippen LogP contribution in [-0.2, 0) is 10.1 Å². The minimum absolute atomic E-state index is 0.715. The van der Waals surface area contributed by atoms with E-state index in [1.807, 2.05) is 0 Å². The maximum atomic E-state index is 9.19. The molecule has 5 heteroatoms. The van der Waals surface area contributed by atoms with Crippen molar-refractivity contribution in [3.8, 4) is 0 Å². The molecule has 0 aromatic heterocycles. The lowest BCUT2D eigenvalue weighted by molar-refractivity contribution is 0.246. The van der Waals surface area contributed by atoms with E-state index in [0.717, 1.165) is 6.04 Å². The standard InChI is InChI=1S/C9H19N.CH4O3S/c1-3-6-9(2)10-7-4-5-8-10;1-5(2,3)4/h9H,3-8H2,1-2H3;1H3,(H,2,3,4). The molecule has 92 valence electrons. The van der Waals surface area contributed by atoms with Crippen molar-refractivity contribution < 1.29 is 13.0 Å². The summed E-state index contributed by atoms with van der Waals surface area (Å²) in [6, 6.07) is 0.840. The lowest BCUT2D eigenvalue weighted by atomic mass is 10.2. The quantitative estimate of drug-likeness (QED) is 0.760. The molecular formula is C10H23NO3S. The lowest BCUT2D eigenvalue weighted by Gasteiger charge is -2.22. The molecule has 0 aliphatic carbocycles. The molecule has 4 nitrogen and oxygen atoms in total. The number of hydrogen-bond donors (Lipinski definition) is 1. The van der Waals surface area contributed by atoms with Crippen LogP contribution in [0.4, 0.5) is 0 Å². The van der Waals surface area contributed by atoms with Gasteiger partial charge in [0.2, 0.25) is 0 Å². The minimum atomic E-state index is -3.67. The third-order valence-corrected chi connectivity index (χ3v) is 2.47. The molecule has 1 saturated heterocycles. The van der Waals surface area contributed by atoms with Gasteiger partial charge < -0.3 is 4.90 Å². The second-order valence-electron chi connectivity index (χ2n) is 4.11. The van der Waals surface area contributed by atoms with Crippen LogP contribution in [-0.4, -0.2) is 43.3 Å². The molecule has 0 aromatic carbocycles. The van der Waals surface area contributed by atoms with Gasteiger partial charge in [0.1, 0.15) is 0 Å². The summed E-state index contributed by atoms with van der Waals surface area (Å²) in [4.78, 5) is 2.61. The second kappa shape index (κ2) is 7.19. The SMILES string of the molecule is CCCC(C)N1CCCC1.CS(=O)(=O)O. The Kier molecular flexibility index (Phi) is 7.13. The van der Waals surface area contributed by atoms with Gasteiger partial charge in [-0.2, -0.15) is 8.42 Å². The van der Waals surface area contributed by atoms with E-state index in [-0.39, 0.29) is 0 Å². The fraction of sp³-hybridized carbons (Fsp3) is 1.00. The zero-order valence-electron chi connectivity index (χ0n) is 9.94. The molecule has 1 aliphatic rings. The fourth-order valence-corrected chi connectivity index (χ4v) is 1.78. The summed E-state index contributed by atoms with van der Waals surface area (Å²) in [6.45, 7) is 7.32. The third-order valence-electron chi connectivity index (χ3n) is 2.47. The second-order valence-corrected chi connectivity index (χ2v) is 5.58. The Morgan fingerprint density at radius 1 is 1.33 bits per heavy atom. The highest BCUT2D eigenvalue weighted by atomic mass is 32.2. The van der Waals surface area contributed by atoms with E-state index in [0.29, 0.717) is 6.26 Å². The van der Waals surface area contributed by atoms with Crippen LogP contribution in [0.3, 0.4) is 0 Å². The van der Waals surface area contributed by atoms with E-state index in [2.05, 4.69) is 18.7 Å². The van der Waals surface area contributed by atoms with Gasteiger partial charge in [0.25, 0.3) is 10.1 Å². The molecule has 1 rings (SSSR count). The van der Waals surface area contributed by atoms with Crippen LogP contribution in [0.5, 0.6) is 0 Å². The number of rotatable bonds is 3. The van der Waals surface area contributed by atoms with Crippen LogP contribution >= 0.6 is 0 Å². The van der Waals surface area contributed by atoms with Crippen molar-refractivity contribution >= 4 is 10.1 Å². The molecule has 0 bridgehead atoms. The van der Waals surface area contributed by atoms with Crippen molar-refractivity contribution in [1.82, 2.24) is 4.90 Å². The maximum Gasteiger partial charge on any atom is 0.261 e. The van der Waals surface area contributed by atoms with Crippen LogP contribution in [0.25, 0.3) is 0 Å². The monoisotopic (exact) mass is 237 g/mol. The lowest BCUT2D eigenvalue weighted by Crippen LogP contribution is -2.29. The molecule has 1 fully saturated rings. The molecule has 1 heterocycles. The molecule has 1 aliphatic heterocycles. The summed E-state index contributed by atoms with van der Waals surface area (Å²) in [7, 11) is -3.67. The zero-order chi connectivity index (χ0) is 11.9. The van der Waals surface area contributed by atoms with Crippen molar-refractivity contribution in [1.29, 1.82) is 0 Å². The normalized spacial score (nSPS) is 19.5. The van der Waals surface area contributed by atoms with Gasteiger partial charge in [0, 0.05) is 6.04 Å². The predicted molar refractivity (Wildman–Crippen MR) is 62.6 cm³/mol. The van der Waals surface area contributed by atoms with E-state index in [4.69, 9.17) is 4.55 Å². The van der Waals surface area contributed by atoms with Crippen molar-refractivity contribution in [2.75, 3.05) is 19.3 Å².